The van der Waals surface area contributed by atoms with Crippen LogP contribution in [0.3, 0.4) is 0 Å². The summed E-state index contributed by atoms with van der Waals surface area (Å²) >= 11 is 0. The molecule has 0 spiro atoms. The van der Waals surface area contributed by atoms with Gasteiger partial charge in [-0.05, 0) is 24.2 Å². The normalized spacial score (nSPS) is 44.6. The molecule has 4 bridgehead atoms. The minimum atomic E-state index is -0.633. The first-order valence-corrected chi connectivity index (χ1v) is 7.68. The van der Waals surface area contributed by atoms with Crippen LogP contribution in [-0.4, -0.2) is 60.1 Å². The van der Waals surface area contributed by atoms with Crippen molar-refractivity contribution in [1.82, 2.24) is 9.80 Å². The smallest absolute Gasteiger partial charge is 0.303 e. The molecule has 0 radical (unpaired) electrons. The molecule has 4 nitrogen and oxygen atoms in total. The second-order valence-electron chi connectivity index (χ2n) is 7.16. The van der Waals surface area contributed by atoms with Gasteiger partial charge in [-0.2, -0.15) is 0 Å². The molecule has 108 valence electrons. The van der Waals surface area contributed by atoms with Gasteiger partial charge in [-0.1, -0.05) is 13.8 Å². The molecule has 4 aliphatic heterocycles. The van der Waals surface area contributed by atoms with E-state index in [1.54, 1.807) is 0 Å². The highest BCUT2D eigenvalue weighted by Crippen LogP contribution is 2.51. The zero-order valence-corrected chi connectivity index (χ0v) is 12.1. The SMILES string of the molecule is CC(C)C12CN3CCN(CC(C3)C1CCC(=O)O)C2. The molecule has 0 aromatic carbocycles. The Bertz CT molecular complexity index is 353. The maximum absolute atomic E-state index is 11.0. The summed E-state index contributed by atoms with van der Waals surface area (Å²) in [7, 11) is 0. The van der Waals surface area contributed by atoms with Crippen LogP contribution in [0, 0.1) is 23.2 Å². The van der Waals surface area contributed by atoms with Crippen LogP contribution in [0.25, 0.3) is 0 Å². The van der Waals surface area contributed by atoms with Crippen LogP contribution in [0.2, 0.25) is 0 Å². The molecule has 4 heterocycles. The van der Waals surface area contributed by atoms with Gasteiger partial charge in [0.2, 0.25) is 0 Å². The van der Waals surface area contributed by atoms with Gasteiger partial charge in [-0.25, -0.2) is 0 Å². The van der Waals surface area contributed by atoms with Crippen molar-refractivity contribution >= 4 is 5.97 Å². The van der Waals surface area contributed by atoms with Crippen molar-refractivity contribution in [2.24, 2.45) is 23.2 Å². The third-order valence-electron chi connectivity index (χ3n) is 5.88. The Kier molecular flexibility index (Phi) is 3.34. The Morgan fingerprint density at radius 3 is 2.32 bits per heavy atom. The van der Waals surface area contributed by atoms with E-state index in [1.165, 1.54) is 39.3 Å². The quantitative estimate of drug-likeness (QED) is 0.834. The lowest BCUT2D eigenvalue weighted by Gasteiger charge is -2.58. The van der Waals surface area contributed by atoms with E-state index in [1.807, 2.05) is 0 Å². The molecule has 3 unspecified atom stereocenters. The summed E-state index contributed by atoms with van der Waals surface area (Å²) in [5.74, 6) is 1.30. The van der Waals surface area contributed by atoms with E-state index >= 15 is 0 Å². The van der Waals surface area contributed by atoms with Crippen molar-refractivity contribution in [3.63, 3.8) is 0 Å². The Hall–Kier alpha value is -0.610. The molecular formula is C15H26N2O2. The van der Waals surface area contributed by atoms with Crippen molar-refractivity contribution in [2.45, 2.75) is 26.7 Å². The van der Waals surface area contributed by atoms with Crippen molar-refractivity contribution in [2.75, 3.05) is 39.3 Å². The highest BCUT2D eigenvalue weighted by atomic mass is 16.4. The Labute approximate surface area is 115 Å². The van der Waals surface area contributed by atoms with E-state index in [0.717, 1.165) is 6.42 Å². The van der Waals surface area contributed by atoms with Gasteiger partial charge in [0, 0.05) is 51.1 Å². The van der Waals surface area contributed by atoms with Crippen molar-refractivity contribution in [3.8, 4) is 0 Å². The summed E-state index contributed by atoms with van der Waals surface area (Å²) < 4.78 is 0. The number of carboxylic acid groups (broad SMARTS) is 1. The molecular weight excluding hydrogens is 240 g/mol. The molecule has 0 aromatic rings. The molecule has 19 heavy (non-hydrogen) atoms. The van der Waals surface area contributed by atoms with Gasteiger partial charge in [-0.15, -0.1) is 0 Å². The van der Waals surface area contributed by atoms with E-state index in [4.69, 9.17) is 5.11 Å². The van der Waals surface area contributed by atoms with Gasteiger partial charge in [0.15, 0.2) is 0 Å². The maximum Gasteiger partial charge on any atom is 0.303 e. The van der Waals surface area contributed by atoms with Gasteiger partial charge in [0.25, 0.3) is 0 Å². The number of piperidine rings is 2. The fraction of sp³-hybridized carbons (Fsp3) is 0.933. The molecule has 4 aliphatic rings. The maximum atomic E-state index is 11.0. The minimum absolute atomic E-state index is 0.327. The standard InChI is InChI=1S/C15H26N2O2/c1-11(2)15-9-16-5-6-17(10-15)8-12(7-16)13(15)3-4-14(18)19/h11-13H,3-10H2,1-2H3,(H,18,19). The third kappa shape index (κ3) is 2.19. The van der Waals surface area contributed by atoms with Gasteiger partial charge in [-0.3, -0.25) is 4.79 Å². The summed E-state index contributed by atoms with van der Waals surface area (Å²) in [6.07, 6.45) is 1.22. The highest BCUT2D eigenvalue weighted by Gasteiger charge is 2.54. The second kappa shape index (κ2) is 4.74. The van der Waals surface area contributed by atoms with Crippen molar-refractivity contribution in [1.29, 1.82) is 0 Å². The fourth-order valence-electron chi connectivity index (χ4n) is 4.91. The summed E-state index contributed by atoms with van der Waals surface area (Å²) in [6.45, 7) is 11.8. The van der Waals surface area contributed by atoms with E-state index in [2.05, 4.69) is 23.6 Å². The topological polar surface area (TPSA) is 43.8 Å². The van der Waals surface area contributed by atoms with Crippen LogP contribution in [0.5, 0.6) is 0 Å². The molecule has 4 saturated heterocycles. The van der Waals surface area contributed by atoms with Gasteiger partial charge in [0.05, 0.1) is 0 Å². The van der Waals surface area contributed by atoms with Crippen LogP contribution in [0.15, 0.2) is 0 Å². The van der Waals surface area contributed by atoms with E-state index in [0.29, 0.717) is 29.6 Å². The second-order valence-corrected chi connectivity index (χ2v) is 7.16. The highest BCUT2D eigenvalue weighted by molar-refractivity contribution is 5.66. The zero-order chi connectivity index (χ0) is 13.6. The van der Waals surface area contributed by atoms with Crippen LogP contribution >= 0.6 is 0 Å². The Balaban J connectivity index is 1.87. The third-order valence-corrected chi connectivity index (χ3v) is 5.88. The first-order valence-electron chi connectivity index (χ1n) is 7.68. The molecule has 4 fully saturated rings. The van der Waals surface area contributed by atoms with E-state index < -0.39 is 5.97 Å². The Morgan fingerprint density at radius 2 is 1.84 bits per heavy atom. The zero-order valence-electron chi connectivity index (χ0n) is 12.1. The van der Waals surface area contributed by atoms with Crippen LogP contribution in [0.1, 0.15) is 26.7 Å². The lowest BCUT2D eigenvalue weighted by molar-refractivity contribution is -0.139. The molecule has 4 rings (SSSR count). The van der Waals surface area contributed by atoms with Gasteiger partial charge < -0.3 is 14.9 Å². The molecule has 0 amide bonds. The van der Waals surface area contributed by atoms with E-state index in [9.17, 15) is 4.79 Å². The van der Waals surface area contributed by atoms with E-state index in [-0.39, 0.29) is 0 Å². The molecule has 0 saturated carbocycles. The number of carbonyl (C=O) groups is 1. The summed E-state index contributed by atoms with van der Waals surface area (Å²) in [4.78, 5) is 16.2. The van der Waals surface area contributed by atoms with Gasteiger partial charge >= 0.3 is 5.97 Å². The lowest BCUT2D eigenvalue weighted by atomic mass is 9.57. The summed E-state index contributed by atoms with van der Waals surface area (Å²) in [5.41, 5.74) is 0.327. The van der Waals surface area contributed by atoms with Crippen LogP contribution in [-0.2, 0) is 4.79 Å². The summed E-state index contributed by atoms with van der Waals surface area (Å²) in [5, 5.41) is 9.03. The number of hydrogen-bond acceptors (Lipinski definition) is 3. The van der Waals surface area contributed by atoms with Gasteiger partial charge in [0.1, 0.15) is 0 Å². The predicted molar refractivity (Wildman–Crippen MR) is 74.0 cm³/mol. The molecule has 0 aromatic heterocycles. The van der Waals surface area contributed by atoms with Crippen LogP contribution < -0.4 is 0 Å². The summed E-state index contributed by atoms with van der Waals surface area (Å²) in [6, 6.07) is 0. The average Bonchev–Trinajstić information content (AvgIpc) is 2.56. The number of rotatable bonds is 4. The largest absolute Gasteiger partial charge is 0.481 e. The number of carboxylic acids is 1. The van der Waals surface area contributed by atoms with Crippen molar-refractivity contribution < 1.29 is 9.90 Å². The minimum Gasteiger partial charge on any atom is -0.481 e. The molecule has 1 N–H and O–H groups in total. The lowest BCUT2D eigenvalue weighted by Crippen LogP contribution is -2.62. The molecule has 0 aliphatic carbocycles. The number of fused-ring (bicyclic) bond motifs is 1. The predicted octanol–water partition coefficient (Wildman–Crippen LogP) is 1.37. The molecule has 3 atom stereocenters. The monoisotopic (exact) mass is 266 g/mol. The fourth-order valence-corrected chi connectivity index (χ4v) is 4.91. The number of aliphatic carboxylic acids is 1. The number of nitrogens with zero attached hydrogens (tertiary/aromatic N) is 2. The van der Waals surface area contributed by atoms with Crippen LogP contribution in [0.4, 0.5) is 0 Å². The van der Waals surface area contributed by atoms with Crippen molar-refractivity contribution in [3.05, 3.63) is 0 Å². The number of hydrogen-bond donors (Lipinski definition) is 1. The first kappa shape index (κ1) is 13.4. The first-order chi connectivity index (χ1) is 9.01. The average molecular weight is 266 g/mol. The molecule has 4 heteroatoms. The Morgan fingerprint density at radius 1 is 1.26 bits per heavy atom.